The zero-order valence-corrected chi connectivity index (χ0v) is 23.0. The molecule has 0 aromatic heterocycles. The highest BCUT2D eigenvalue weighted by atomic mass is 16.6. The first-order valence-electron chi connectivity index (χ1n) is 13.5. The van der Waals surface area contributed by atoms with Crippen molar-refractivity contribution in [3.8, 4) is 0 Å². The lowest BCUT2D eigenvalue weighted by molar-refractivity contribution is -0.142. The second kappa shape index (κ2) is 11.3. The van der Waals surface area contributed by atoms with Gasteiger partial charge in [0, 0.05) is 31.6 Å². The molecule has 3 fully saturated rings. The largest absolute Gasteiger partial charge is 0.442 e. The quantitative estimate of drug-likeness (QED) is 0.574. The highest BCUT2D eigenvalue weighted by molar-refractivity contribution is 5.89. The number of amides is 5. The van der Waals surface area contributed by atoms with Crippen molar-refractivity contribution in [2.45, 2.75) is 104 Å². The molecule has 2 N–H and O–H groups in total. The predicted molar refractivity (Wildman–Crippen MR) is 136 cm³/mol. The third kappa shape index (κ3) is 6.06. The highest BCUT2D eigenvalue weighted by Crippen LogP contribution is 2.36. The van der Waals surface area contributed by atoms with Gasteiger partial charge in [-0.15, -0.1) is 0 Å². The van der Waals surface area contributed by atoms with E-state index in [9.17, 15) is 19.2 Å². The number of hydrogen-bond donors (Lipinski definition) is 2. The van der Waals surface area contributed by atoms with Crippen LogP contribution in [0.5, 0.6) is 0 Å². The van der Waals surface area contributed by atoms with Crippen LogP contribution in [0.2, 0.25) is 0 Å². The maximum absolute atomic E-state index is 14.0. The average molecular weight is 508 g/mol. The molecule has 0 spiro atoms. The summed E-state index contributed by atoms with van der Waals surface area (Å²) in [4.78, 5) is 57.8. The van der Waals surface area contributed by atoms with Crippen LogP contribution in [0.25, 0.3) is 0 Å². The molecular weight excluding hydrogens is 462 g/mol. The topological polar surface area (TPSA) is 111 Å². The fraction of sp³-hybridized carbons (Fsp3) is 0.846. The standard InChI is InChI=1S/C26H45N5O5/c1-8-17(4)22(32)28-21(26(5,6)7)23(33)30-14-11-18-20(30)19(15-31(18)24(34)27-16(2)3)36-25(35)29-12-9-10-13-29/h16-21H,8-15H2,1-7H3,(H,27,34)(H,28,32)/t17-,18-,19+,20+,21-/m1/s1. The molecule has 10 heteroatoms. The molecule has 3 aliphatic heterocycles. The van der Waals surface area contributed by atoms with Gasteiger partial charge in [0.05, 0.1) is 18.6 Å². The first-order valence-corrected chi connectivity index (χ1v) is 13.5. The van der Waals surface area contributed by atoms with E-state index in [2.05, 4.69) is 10.6 Å². The fourth-order valence-corrected chi connectivity index (χ4v) is 5.34. The predicted octanol–water partition coefficient (Wildman–Crippen LogP) is 2.57. The summed E-state index contributed by atoms with van der Waals surface area (Å²) in [5.74, 6) is -0.548. The Bertz CT molecular complexity index is 835. The molecule has 0 aromatic carbocycles. The second-order valence-electron chi connectivity index (χ2n) is 11.9. The Balaban J connectivity index is 1.86. The molecule has 0 aromatic rings. The Kier molecular flexibility index (Phi) is 8.77. The number of carbonyl (C=O) groups is 4. The van der Waals surface area contributed by atoms with Gasteiger partial charge < -0.3 is 30.1 Å². The van der Waals surface area contributed by atoms with E-state index < -0.39 is 23.6 Å². The van der Waals surface area contributed by atoms with Crippen LogP contribution >= 0.6 is 0 Å². The van der Waals surface area contributed by atoms with Gasteiger partial charge in [0.25, 0.3) is 0 Å². The summed E-state index contributed by atoms with van der Waals surface area (Å²) in [6.45, 7) is 15.4. The fourth-order valence-electron chi connectivity index (χ4n) is 5.34. The number of nitrogens with zero attached hydrogens (tertiary/aromatic N) is 3. The third-order valence-corrected chi connectivity index (χ3v) is 7.61. The molecule has 3 rings (SSSR count). The number of urea groups is 1. The second-order valence-corrected chi connectivity index (χ2v) is 11.9. The molecule has 0 saturated carbocycles. The Morgan fingerprint density at radius 2 is 1.61 bits per heavy atom. The lowest BCUT2D eigenvalue weighted by Gasteiger charge is -2.37. The summed E-state index contributed by atoms with van der Waals surface area (Å²) in [5, 5.41) is 5.92. The molecule has 3 heterocycles. The number of carbonyl (C=O) groups excluding carboxylic acids is 4. The minimum atomic E-state index is -0.730. The molecule has 5 atom stereocenters. The van der Waals surface area contributed by atoms with Crippen molar-refractivity contribution in [1.29, 1.82) is 0 Å². The van der Waals surface area contributed by atoms with E-state index in [0.29, 0.717) is 32.5 Å². The summed E-state index contributed by atoms with van der Waals surface area (Å²) in [6, 6.07) is -1.69. The minimum absolute atomic E-state index is 0.0395. The molecular formula is C26H45N5O5. The van der Waals surface area contributed by atoms with Crippen molar-refractivity contribution in [2.24, 2.45) is 11.3 Å². The first kappa shape index (κ1) is 28.1. The molecule has 0 aliphatic carbocycles. The van der Waals surface area contributed by atoms with E-state index in [1.807, 2.05) is 48.5 Å². The number of rotatable bonds is 6. The zero-order valence-electron chi connectivity index (χ0n) is 23.0. The number of hydrogen-bond acceptors (Lipinski definition) is 5. The van der Waals surface area contributed by atoms with Gasteiger partial charge in [-0.1, -0.05) is 34.6 Å². The van der Waals surface area contributed by atoms with E-state index in [1.165, 1.54) is 0 Å². The van der Waals surface area contributed by atoms with Crippen LogP contribution in [0.1, 0.15) is 74.1 Å². The summed E-state index contributed by atoms with van der Waals surface area (Å²) in [6.07, 6.45) is 2.15. The van der Waals surface area contributed by atoms with Gasteiger partial charge >= 0.3 is 12.1 Å². The monoisotopic (exact) mass is 507 g/mol. The van der Waals surface area contributed by atoms with Crippen LogP contribution in [0.15, 0.2) is 0 Å². The van der Waals surface area contributed by atoms with Gasteiger partial charge in [0.15, 0.2) is 0 Å². The lowest BCUT2D eigenvalue weighted by Crippen LogP contribution is -2.58. The van der Waals surface area contributed by atoms with E-state index in [1.54, 1.807) is 14.7 Å². The Morgan fingerprint density at radius 3 is 2.17 bits per heavy atom. The number of ether oxygens (including phenoxy) is 1. The Morgan fingerprint density at radius 1 is 0.972 bits per heavy atom. The van der Waals surface area contributed by atoms with Gasteiger partial charge in [0.1, 0.15) is 12.1 Å². The Hall–Kier alpha value is -2.52. The van der Waals surface area contributed by atoms with Gasteiger partial charge in [-0.05, 0) is 44.9 Å². The minimum Gasteiger partial charge on any atom is -0.442 e. The van der Waals surface area contributed by atoms with Crippen molar-refractivity contribution in [1.82, 2.24) is 25.3 Å². The molecule has 0 radical (unpaired) electrons. The third-order valence-electron chi connectivity index (χ3n) is 7.61. The maximum Gasteiger partial charge on any atom is 0.410 e. The Labute approximate surface area is 215 Å². The van der Waals surface area contributed by atoms with Gasteiger partial charge in [-0.2, -0.15) is 0 Å². The summed E-state index contributed by atoms with van der Waals surface area (Å²) in [5.41, 5.74) is -0.521. The van der Waals surface area contributed by atoms with E-state index in [-0.39, 0.29) is 48.5 Å². The summed E-state index contributed by atoms with van der Waals surface area (Å²) in [7, 11) is 0. The lowest BCUT2D eigenvalue weighted by atomic mass is 9.85. The average Bonchev–Trinajstić information content (AvgIpc) is 3.53. The van der Waals surface area contributed by atoms with Gasteiger partial charge in [-0.25, -0.2) is 9.59 Å². The smallest absolute Gasteiger partial charge is 0.410 e. The van der Waals surface area contributed by atoms with Crippen molar-refractivity contribution < 1.29 is 23.9 Å². The van der Waals surface area contributed by atoms with Crippen LogP contribution in [0, 0.1) is 11.3 Å². The van der Waals surface area contributed by atoms with Crippen molar-refractivity contribution >= 4 is 23.9 Å². The van der Waals surface area contributed by atoms with Crippen molar-refractivity contribution in [3.63, 3.8) is 0 Å². The number of likely N-dealkylation sites (tertiary alicyclic amines) is 3. The molecule has 36 heavy (non-hydrogen) atoms. The maximum atomic E-state index is 14.0. The van der Waals surface area contributed by atoms with E-state index in [4.69, 9.17) is 4.74 Å². The van der Waals surface area contributed by atoms with Gasteiger partial charge in [0.2, 0.25) is 11.8 Å². The molecule has 10 nitrogen and oxygen atoms in total. The van der Waals surface area contributed by atoms with E-state index in [0.717, 1.165) is 12.8 Å². The van der Waals surface area contributed by atoms with Crippen LogP contribution < -0.4 is 10.6 Å². The SMILES string of the molecule is CC[C@@H](C)C(=O)N[C@H](C(=O)N1CC[C@@H]2[C@H]1[C@@H](OC(=O)N1CCCC1)CN2C(=O)NC(C)C)C(C)(C)C. The molecule has 0 bridgehead atoms. The molecule has 3 aliphatic rings. The van der Waals surface area contributed by atoms with Crippen LogP contribution in [-0.2, 0) is 14.3 Å². The normalized spacial score (nSPS) is 25.6. The zero-order chi connectivity index (χ0) is 26.8. The van der Waals surface area contributed by atoms with Crippen LogP contribution in [-0.4, -0.2) is 95.1 Å². The van der Waals surface area contributed by atoms with Crippen molar-refractivity contribution in [2.75, 3.05) is 26.2 Å². The number of fused-ring (bicyclic) bond motifs is 1. The summed E-state index contributed by atoms with van der Waals surface area (Å²) < 4.78 is 5.96. The highest BCUT2D eigenvalue weighted by Gasteiger charge is 2.55. The van der Waals surface area contributed by atoms with Crippen LogP contribution in [0.3, 0.4) is 0 Å². The first-order chi connectivity index (χ1) is 16.8. The van der Waals surface area contributed by atoms with E-state index >= 15 is 0 Å². The molecule has 5 amide bonds. The number of nitrogens with one attached hydrogen (secondary N) is 2. The molecule has 3 saturated heterocycles. The van der Waals surface area contributed by atoms with Crippen LogP contribution in [0.4, 0.5) is 9.59 Å². The summed E-state index contributed by atoms with van der Waals surface area (Å²) >= 11 is 0. The van der Waals surface area contributed by atoms with Crippen molar-refractivity contribution in [3.05, 3.63) is 0 Å². The molecule has 204 valence electrons. The molecule has 0 unspecified atom stereocenters. The van der Waals surface area contributed by atoms with Gasteiger partial charge in [-0.3, -0.25) is 9.59 Å².